The van der Waals surface area contributed by atoms with Crippen LogP contribution in [0.2, 0.25) is 0 Å². The molecular formula is C14H26O2. The van der Waals surface area contributed by atoms with Crippen molar-refractivity contribution in [1.82, 2.24) is 0 Å². The Morgan fingerprint density at radius 1 is 1.19 bits per heavy atom. The van der Waals surface area contributed by atoms with E-state index in [1.807, 2.05) is 6.92 Å². The van der Waals surface area contributed by atoms with Gasteiger partial charge in [-0.15, -0.1) is 0 Å². The summed E-state index contributed by atoms with van der Waals surface area (Å²) in [4.78, 5) is 11.5. The molecule has 0 saturated heterocycles. The predicted molar refractivity (Wildman–Crippen MR) is 66.3 cm³/mol. The number of hydrogen-bond donors (Lipinski definition) is 0. The van der Waals surface area contributed by atoms with Gasteiger partial charge in [-0.3, -0.25) is 4.79 Å². The molecule has 2 nitrogen and oxygen atoms in total. The zero-order valence-electron chi connectivity index (χ0n) is 10.8. The van der Waals surface area contributed by atoms with E-state index >= 15 is 0 Å². The third kappa shape index (κ3) is 4.54. The molecule has 1 aliphatic rings. The van der Waals surface area contributed by atoms with Crippen LogP contribution in [-0.2, 0) is 9.53 Å². The van der Waals surface area contributed by atoms with Crippen LogP contribution in [-0.4, -0.2) is 12.1 Å². The van der Waals surface area contributed by atoms with E-state index in [1.54, 1.807) is 0 Å². The largest absolute Gasteiger partial charge is 0.462 e. The molecule has 0 amide bonds. The zero-order valence-corrected chi connectivity index (χ0v) is 10.8. The molecule has 0 bridgehead atoms. The van der Waals surface area contributed by atoms with E-state index in [2.05, 4.69) is 6.92 Å². The average molecular weight is 226 g/mol. The molecule has 0 aromatic heterocycles. The van der Waals surface area contributed by atoms with Crippen molar-refractivity contribution in [3.05, 3.63) is 0 Å². The van der Waals surface area contributed by atoms with Crippen LogP contribution in [0.25, 0.3) is 0 Å². The minimum absolute atomic E-state index is 0.0101. The minimum atomic E-state index is 0.0101. The van der Waals surface area contributed by atoms with Gasteiger partial charge in [0.2, 0.25) is 0 Å². The molecule has 1 rings (SSSR count). The van der Waals surface area contributed by atoms with Gasteiger partial charge in [-0.2, -0.15) is 0 Å². The second-order valence-corrected chi connectivity index (χ2v) is 4.97. The number of rotatable bonds is 6. The maximum Gasteiger partial charge on any atom is 0.306 e. The Balaban J connectivity index is 2.37. The van der Waals surface area contributed by atoms with E-state index in [0.29, 0.717) is 12.3 Å². The zero-order chi connectivity index (χ0) is 11.8. The molecular weight excluding hydrogens is 200 g/mol. The third-order valence-corrected chi connectivity index (χ3v) is 3.50. The van der Waals surface area contributed by atoms with Crippen molar-refractivity contribution in [3.63, 3.8) is 0 Å². The molecule has 2 unspecified atom stereocenters. The summed E-state index contributed by atoms with van der Waals surface area (Å²) in [5.74, 6) is 0.644. The van der Waals surface area contributed by atoms with Crippen LogP contribution in [0.3, 0.4) is 0 Å². The minimum Gasteiger partial charge on any atom is -0.462 e. The van der Waals surface area contributed by atoms with E-state index in [0.717, 1.165) is 12.8 Å². The van der Waals surface area contributed by atoms with Gasteiger partial charge >= 0.3 is 5.97 Å². The highest BCUT2D eigenvalue weighted by molar-refractivity contribution is 5.69. The normalized spacial score (nSPS) is 25.4. The van der Waals surface area contributed by atoms with E-state index in [9.17, 15) is 4.79 Å². The Morgan fingerprint density at radius 3 is 2.62 bits per heavy atom. The van der Waals surface area contributed by atoms with Gasteiger partial charge in [-0.1, -0.05) is 33.1 Å². The van der Waals surface area contributed by atoms with Crippen molar-refractivity contribution in [3.8, 4) is 0 Å². The van der Waals surface area contributed by atoms with Gasteiger partial charge in [0.05, 0.1) is 0 Å². The molecule has 94 valence electrons. The Labute approximate surface area is 99.8 Å². The Hall–Kier alpha value is -0.530. The van der Waals surface area contributed by atoms with Crippen LogP contribution in [0, 0.1) is 5.92 Å². The Kier molecular flexibility index (Phi) is 6.51. The molecule has 0 heterocycles. The Morgan fingerprint density at radius 2 is 1.94 bits per heavy atom. The molecule has 0 N–H and O–H groups in total. The lowest BCUT2D eigenvalue weighted by Crippen LogP contribution is -2.30. The number of carbonyl (C=O) groups is 1. The van der Waals surface area contributed by atoms with E-state index in [4.69, 9.17) is 4.74 Å². The summed E-state index contributed by atoms with van der Waals surface area (Å²) >= 11 is 0. The summed E-state index contributed by atoms with van der Waals surface area (Å²) in [6, 6.07) is 0. The molecule has 0 aromatic rings. The van der Waals surface area contributed by atoms with Crippen molar-refractivity contribution < 1.29 is 9.53 Å². The lowest BCUT2D eigenvalue weighted by molar-refractivity contribution is -0.153. The van der Waals surface area contributed by atoms with Crippen molar-refractivity contribution in [2.75, 3.05) is 0 Å². The van der Waals surface area contributed by atoms with Gasteiger partial charge < -0.3 is 4.74 Å². The highest BCUT2D eigenvalue weighted by Crippen LogP contribution is 2.30. The molecule has 1 fully saturated rings. The first-order valence-electron chi connectivity index (χ1n) is 6.97. The van der Waals surface area contributed by atoms with E-state index < -0.39 is 0 Å². The quantitative estimate of drug-likeness (QED) is 0.638. The Bertz CT molecular complexity index is 201. The lowest BCUT2D eigenvalue weighted by Gasteiger charge is -2.31. The van der Waals surface area contributed by atoms with E-state index in [-0.39, 0.29) is 12.1 Å². The summed E-state index contributed by atoms with van der Waals surface area (Å²) in [5.41, 5.74) is 0. The van der Waals surface area contributed by atoms with Crippen LogP contribution in [0.4, 0.5) is 0 Å². The summed E-state index contributed by atoms with van der Waals surface area (Å²) in [7, 11) is 0. The standard InChI is InChI=1S/C14H26O2/c1-3-5-9-12-10-6-7-11-13(12)16-14(15)8-4-2/h12-13H,3-11H2,1-2H3. The number of esters is 1. The van der Waals surface area contributed by atoms with Crippen molar-refractivity contribution in [1.29, 1.82) is 0 Å². The molecule has 0 spiro atoms. The van der Waals surface area contributed by atoms with Crippen molar-refractivity contribution >= 4 is 5.97 Å². The van der Waals surface area contributed by atoms with Gasteiger partial charge in [0.15, 0.2) is 0 Å². The molecule has 0 radical (unpaired) electrons. The highest BCUT2D eigenvalue weighted by Gasteiger charge is 2.27. The first-order chi connectivity index (χ1) is 7.77. The van der Waals surface area contributed by atoms with E-state index in [1.165, 1.54) is 38.5 Å². The average Bonchev–Trinajstić information content (AvgIpc) is 2.28. The van der Waals surface area contributed by atoms with Crippen molar-refractivity contribution in [2.45, 2.75) is 77.7 Å². The summed E-state index contributed by atoms with van der Waals surface area (Å²) < 4.78 is 5.60. The second-order valence-electron chi connectivity index (χ2n) is 4.97. The van der Waals surface area contributed by atoms with Gasteiger partial charge in [0.25, 0.3) is 0 Å². The predicted octanol–water partition coefficient (Wildman–Crippen LogP) is 4.08. The van der Waals surface area contributed by atoms with Gasteiger partial charge in [0.1, 0.15) is 6.10 Å². The number of ether oxygens (including phenoxy) is 1. The molecule has 0 aliphatic heterocycles. The first kappa shape index (κ1) is 13.5. The van der Waals surface area contributed by atoms with Crippen LogP contribution < -0.4 is 0 Å². The number of unbranched alkanes of at least 4 members (excludes halogenated alkanes) is 1. The smallest absolute Gasteiger partial charge is 0.306 e. The summed E-state index contributed by atoms with van der Waals surface area (Å²) in [6.07, 6.45) is 10.3. The lowest BCUT2D eigenvalue weighted by atomic mass is 9.83. The maximum absolute atomic E-state index is 11.5. The van der Waals surface area contributed by atoms with Crippen LogP contribution in [0.15, 0.2) is 0 Å². The molecule has 0 aromatic carbocycles. The topological polar surface area (TPSA) is 26.3 Å². The third-order valence-electron chi connectivity index (χ3n) is 3.50. The molecule has 2 heteroatoms. The fourth-order valence-electron chi connectivity index (χ4n) is 2.56. The van der Waals surface area contributed by atoms with Gasteiger partial charge in [0, 0.05) is 6.42 Å². The maximum atomic E-state index is 11.5. The van der Waals surface area contributed by atoms with Crippen LogP contribution >= 0.6 is 0 Å². The highest BCUT2D eigenvalue weighted by atomic mass is 16.5. The van der Waals surface area contributed by atoms with Gasteiger partial charge in [-0.05, 0) is 38.0 Å². The van der Waals surface area contributed by atoms with Crippen LogP contribution in [0.5, 0.6) is 0 Å². The molecule has 2 atom stereocenters. The summed E-state index contributed by atoms with van der Waals surface area (Å²) in [6.45, 7) is 4.25. The first-order valence-corrected chi connectivity index (χ1v) is 6.97. The SMILES string of the molecule is CCCCC1CCCCC1OC(=O)CCC. The van der Waals surface area contributed by atoms with Gasteiger partial charge in [-0.25, -0.2) is 0 Å². The second kappa shape index (κ2) is 7.70. The van der Waals surface area contributed by atoms with Crippen molar-refractivity contribution in [2.24, 2.45) is 5.92 Å². The number of hydrogen-bond acceptors (Lipinski definition) is 2. The molecule has 1 aliphatic carbocycles. The van der Waals surface area contributed by atoms with Crippen LogP contribution in [0.1, 0.15) is 71.6 Å². The monoisotopic (exact) mass is 226 g/mol. The fourth-order valence-corrected chi connectivity index (χ4v) is 2.56. The number of carbonyl (C=O) groups excluding carboxylic acids is 1. The molecule has 16 heavy (non-hydrogen) atoms. The molecule has 1 saturated carbocycles. The summed E-state index contributed by atoms with van der Waals surface area (Å²) in [5, 5.41) is 0. The fraction of sp³-hybridized carbons (Fsp3) is 0.929.